The number of nitrogens with zero attached hydrogens (tertiary/aromatic N) is 3. The van der Waals surface area contributed by atoms with E-state index in [0.29, 0.717) is 0 Å². The van der Waals surface area contributed by atoms with Crippen LogP contribution in [-0.4, -0.2) is 27.7 Å². The van der Waals surface area contributed by atoms with E-state index in [1.807, 2.05) is 0 Å². The molecule has 0 radical (unpaired) electrons. The van der Waals surface area contributed by atoms with Crippen LogP contribution >= 0.6 is 0 Å². The predicted molar refractivity (Wildman–Crippen MR) is 65.9 cm³/mol. The lowest BCUT2D eigenvalue weighted by molar-refractivity contribution is -0.384. The smallest absolute Gasteiger partial charge is 0.411 e. The Labute approximate surface area is 111 Å². The molecule has 20 heavy (non-hydrogen) atoms. The van der Waals surface area contributed by atoms with Gasteiger partial charge in [0.05, 0.1) is 10.6 Å². The number of non-ortho nitro benzene ring substituents is 1. The number of rotatable bonds is 4. The minimum Gasteiger partial charge on any atom is -0.465 e. The molecule has 2 amide bonds. The topological polar surface area (TPSA) is 158 Å². The van der Waals surface area contributed by atoms with E-state index in [0.717, 1.165) is 6.07 Å². The highest BCUT2D eigenvalue weighted by atomic mass is 16.6. The zero-order chi connectivity index (χ0) is 15.1. The number of anilines is 1. The summed E-state index contributed by atoms with van der Waals surface area (Å²) in [5.74, 6) is -1.21. The summed E-state index contributed by atoms with van der Waals surface area (Å²) in [6.45, 7) is 0. The van der Waals surface area contributed by atoms with E-state index in [-0.39, 0.29) is 11.4 Å². The van der Waals surface area contributed by atoms with Crippen LogP contribution < -0.4 is 10.7 Å². The van der Waals surface area contributed by atoms with Gasteiger partial charge < -0.3 is 5.11 Å². The molecule has 0 saturated carbocycles. The van der Waals surface area contributed by atoms with Crippen molar-refractivity contribution in [2.45, 2.75) is 0 Å². The number of imide groups is 1. The van der Waals surface area contributed by atoms with E-state index in [1.165, 1.54) is 29.6 Å². The first-order valence-corrected chi connectivity index (χ1v) is 4.96. The van der Waals surface area contributed by atoms with Gasteiger partial charge >= 0.3 is 6.09 Å². The average molecular weight is 277 g/mol. The first kappa shape index (κ1) is 14.6. The quantitative estimate of drug-likeness (QED) is 0.414. The van der Waals surface area contributed by atoms with Crippen LogP contribution in [0.2, 0.25) is 0 Å². The molecule has 102 valence electrons. The van der Waals surface area contributed by atoms with Gasteiger partial charge in [-0.05, 0) is 6.07 Å². The lowest BCUT2D eigenvalue weighted by Gasteiger charge is -2.01. The maximum absolute atomic E-state index is 11.2. The zero-order valence-electron chi connectivity index (χ0n) is 9.73. The Hall–Kier alpha value is -3.48. The Kier molecular flexibility index (Phi) is 4.70. The van der Waals surface area contributed by atoms with Gasteiger partial charge in [0.1, 0.15) is 6.07 Å². The Morgan fingerprint density at radius 2 is 2.15 bits per heavy atom. The van der Waals surface area contributed by atoms with Crippen molar-refractivity contribution < 1.29 is 19.6 Å². The molecule has 0 spiro atoms. The van der Waals surface area contributed by atoms with Crippen molar-refractivity contribution >= 4 is 29.1 Å². The van der Waals surface area contributed by atoms with E-state index in [9.17, 15) is 19.7 Å². The number of carbonyl (C=O) groups excluding carboxylic acids is 1. The second kappa shape index (κ2) is 6.45. The third-order valence-electron chi connectivity index (χ3n) is 1.90. The Morgan fingerprint density at radius 3 is 2.70 bits per heavy atom. The fraction of sp³-hybridized carbons (Fsp3) is 0. The van der Waals surface area contributed by atoms with Crippen molar-refractivity contribution in [1.29, 1.82) is 5.26 Å². The molecule has 0 fully saturated rings. The van der Waals surface area contributed by atoms with Crippen molar-refractivity contribution in [2.75, 3.05) is 5.43 Å². The summed E-state index contributed by atoms with van der Waals surface area (Å²) < 4.78 is 0. The van der Waals surface area contributed by atoms with Gasteiger partial charge in [-0.3, -0.25) is 25.7 Å². The van der Waals surface area contributed by atoms with Crippen LogP contribution in [0.5, 0.6) is 0 Å². The molecule has 0 saturated heterocycles. The summed E-state index contributed by atoms with van der Waals surface area (Å²) in [6.07, 6.45) is -1.63. The molecule has 0 heterocycles. The number of benzene rings is 1. The number of nitrogens with one attached hydrogen (secondary N) is 2. The molecule has 10 nitrogen and oxygen atoms in total. The van der Waals surface area contributed by atoms with Crippen LogP contribution in [0.1, 0.15) is 0 Å². The number of nitro groups is 1. The van der Waals surface area contributed by atoms with Crippen LogP contribution in [0, 0.1) is 21.4 Å². The molecule has 1 aromatic rings. The maximum atomic E-state index is 11.2. The zero-order valence-corrected chi connectivity index (χ0v) is 9.73. The van der Waals surface area contributed by atoms with E-state index in [1.54, 1.807) is 0 Å². The number of amides is 2. The molecule has 0 atom stereocenters. The number of hydrogen-bond acceptors (Lipinski definition) is 7. The Bertz CT molecular complexity index is 633. The van der Waals surface area contributed by atoms with Gasteiger partial charge in [0.25, 0.3) is 11.6 Å². The van der Waals surface area contributed by atoms with Crippen molar-refractivity contribution in [3.05, 3.63) is 34.4 Å². The average Bonchev–Trinajstić information content (AvgIpc) is 2.39. The van der Waals surface area contributed by atoms with Gasteiger partial charge in [-0.2, -0.15) is 10.4 Å². The number of carbonyl (C=O) groups is 2. The monoisotopic (exact) mass is 277 g/mol. The van der Waals surface area contributed by atoms with Gasteiger partial charge in [0.2, 0.25) is 5.71 Å². The minimum atomic E-state index is -1.63. The fourth-order valence-electron chi connectivity index (χ4n) is 1.09. The summed E-state index contributed by atoms with van der Waals surface area (Å²) >= 11 is 0. The molecular formula is C10H7N5O5. The number of nitriles is 1. The van der Waals surface area contributed by atoms with Gasteiger partial charge in [-0.25, -0.2) is 4.79 Å². The first-order chi connectivity index (χ1) is 9.43. The summed E-state index contributed by atoms with van der Waals surface area (Å²) in [6, 6.07) is 6.56. The van der Waals surface area contributed by atoms with Crippen molar-refractivity contribution in [3.63, 3.8) is 0 Å². The maximum Gasteiger partial charge on any atom is 0.411 e. The highest BCUT2D eigenvalue weighted by Crippen LogP contribution is 2.16. The molecule has 1 rings (SSSR count). The molecule has 3 N–H and O–H groups in total. The van der Waals surface area contributed by atoms with Crippen LogP contribution in [-0.2, 0) is 4.79 Å². The van der Waals surface area contributed by atoms with Crippen LogP contribution in [0.3, 0.4) is 0 Å². The molecule has 0 bridgehead atoms. The van der Waals surface area contributed by atoms with Crippen LogP contribution in [0.15, 0.2) is 29.4 Å². The predicted octanol–water partition coefficient (Wildman–Crippen LogP) is 0.680. The minimum absolute atomic E-state index is 0.162. The molecule has 0 aliphatic heterocycles. The third-order valence-corrected chi connectivity index (χ3v) is 1.90. The summed E-state index contributed by atoms with van der Waals surface area (Å²) in [5.41, 5.74) is 1.47. The van der Waals surface area contributed by atoms with Gasteiger partial charge in [0, 0.05) is 12.1 Å². The van der Waals surface area contributed by atoms with E-state index >= 15 is 0 Å². The van der Waals surface area contributed by atoms with Crippen molar-refractivity contribution in [1.82, 2.24) is 5.32 Å². The van der Waals surface area contributed by atoms with Gasteiger partial charge in [0.15, 0.2) is 0 Å². The van der Waals surface area contributed by atoms with E-state index in [2.05, 4.69) is 10.5 Å². The number of hydrogen-bond donors (Lipinski definition) is 3. The summed E-state index contributed by atoms with van der Waals surface area (Å²) in [5, 5.41) is 32.3. The van der Waals surface area contributed by atoms with Crippen molar-refractivity contribution in [3.8, 4) is 6.07 Å². The molecule has 0 unspecified atom stereocenters. The molecule has 10 heteroatoms. The van der Waals surface area contributed by atoms with E-state index in [4.69, 9.17) is 10.4 Å². The molecule has 0 aliphatic rings. The second-order valence-corrected chi connectivity index (χ2v) is 3.25. The molecular weight excluding hydrogens is 270 g/mol. The van der Waals surface area contributed by atoms with E-state index < -0.39 is 22.6 Å². The molecule has 0 aromatic heterocycles. The van der Waals surface area contributed by atoms with Crippen LogP contribution in [0.4, 0.5) is 16.2 Å². The highest BCUT2D eigenvalue weighted by Gasteiger charge is 2.14. The Balaban J connectivity index is 2.87. The standard InChI is InChI=1S/C10H7N5O5/c11-5-8(9(16)12-10(17)18)14-13-6-2-1-3-7(4-6)15(19)20/h1-4,13H,(H,12,16)(H,17,18). The lowest BCUT2D eigenvalue weighted by atomic mass is 10.3. The second-order valence-electron chi connectivity index (χ2n) is 3.25. The first-order valence-electron chi connectivity index (χ1n) is 4.96. The largest absolute Gasteiger partial charge is 0.465 e. The third kappa shape index (κ3) is 4.08. The van der Waals surface area contributed by atoms with Gasteiger partial charge in [-0.15, -0.1) is 0 Å². The molecule has 0 aliphatic carbocycles. The normalized spacial score (nSPS) is 10.2. The number of nitro benzene ring substituents is 1. The summed E-state index contributed by atoms with van der Waals surface area (Å²) in [4.78, 5) is 31.3. The SMILES string of the molecule is N#CC(=NNc1cccc([N+](=O)[O-])c1)C(=O)NC(=O)O. The number of hydrazone groups is 1. The lowest BCUT2D eigenvalue weighted by Crippen LogP contribution is -2.34. The fourth-order valence-corrected chi connectivity index (χ4v) is 1.09. The molecule has 1 aromatic carbocycles. The number of carboxylic acid groups (broad SMARTS) is 1. The van der Waals surface area contributed by atoms with Crippen LogP contribution in [0.25, 0.3) is 0 Å². The Morgan fingerprint density at radius 1 is 1.45 bits per heavy atom. The van der Waals surface area contributed by atoms with Gasteiger partial charge in [-0.1, -0.05) is 6.07 Å². The van der Waals surface area contributed by atoms with Crippen molar-refractivity contribution in [2.24, 2.45) is 5.10 Å². The summed E-state index contributed by atoms with van der Waals surface area (Å²) in [7, 11) is 0. The highest BCUT2D eigenvalue weighted by molar-refractivity contribution is 6.46.